The lowest BCUT2D eigenvalue weighted by Gasteiger charge is -2.12. The van der Waals surface area contributed by atoms with Crippen molar-refractivity contribution in [3.05, 3.63) is 34.9 Å². The molecule has 1 aromatic rings. The predicted molar refractivity (Wildman–Crippen MR) is 64.7 cm³/mol. The summed E-state index contributed by atoms with van der Waals surface area (Å²) >= 11 is 5.71. The molecule has 0 fully saturated rings. The Labute approximate surface area is 112 Å². The van der Waals surface area contributed by atoms with E-state index in [0.717, 1.165) is 5.01 Å². The van der Waals surface area contributed by atoms with Crippen LogP contribution >= 0.6 is 11.6 Å². The summed E-state index contributed by atoms with van der Waals surface area (Å²) in [7, 11) is 0. The smallest absolute Gasteiger partial charge is 0.272 e. The average molecular weight is 291 g/mol. The second-order valence-corrected chi connectivity index (χ2v) is 4.66. The Morgan fingerprint density at radius 3 is 2.37 bits per heavy atom. The van der Waals surface area contributed by atoms with Gasteiger partial charge in [0.25, 0.3) is 5.91 Å². The first-order valence-electron chi connectivity index (χ1n) is 5.50. The maximum atomic E-state index is 12.6. The number of benzene rings is 1. The van der Waals surface area contributed by atoms with Crippen LogP contribution in [0.4, 0.5) is 13.2 Å². The molecule has 0 N–H and O–H groups in total. The molecule has 1 amide bonds. The number of hydrazone groups is 1. The van der Waals surface area contributed by atoms with Crippen LogP contribution in [-0.4, -0.2) is 22.8 Å². The first-order valence-corrected chi connectivity index (χ1v) is 5.88. The van der Waals surface area contributed by atoms with Crippen molar-refractivity contribution in [3.63, 3.8) is 0 Å². The van der Waals surface area contributed by atoms with Gasteiger partial charge in [-0.2, -0.15) is 18.3 Å². The highest BCUT2D eigenvalue weighted by Gasteiger charge is 2.47. The highest BCUT2D eigenvalue weighted by Crippen LogP contribution is 2.29. The molecule has 2 rings (SSSR count). The molecule has 3 nitrogen and oxygen atoms in total. The summed E-state index contributed by atoms with van der Waals surface area (Å²) in [6.45, 7) is 1.20. The molecule has 1 atom stereocenters. The molecule has 7 heteroatoms. The number of carbonyl (C=O) groups excluding carboxylic acids is 1. The first-order chi connectivity index (χ1) is 8.79. The van der Waals surface area contributed by atoms with Gasteiger partial charge in [-0.05, 0) is 24.6 Å². The molecule has 0 saturated carbocycles. The van der Waals surface area contributed by atoms with Crippen LogP contribution in [0.25, 0.3) is 0 Å². The van der Waals surface area contributed by atoms with Crippen LogP contribution in [0.3, 0.4) is 0 Å². The maximum Gasteiger partial charge on any atom is 0.431 e. The fraction of sp³-hybridized carbons (Fsp3) is 0.333. The molecular formula is C12H10ClF3N2O. The SMILES string of the molecule is CC1C(=O)N(Cc2ccc(Cl)cc2)N=C1C(F)(F)F. The Morgan fingerprint density at radius 1 is 1.32 bits per heavy atom. The molecule has 19 heavy (non-hydrogen) atoms. The Morgan fingerprint density at radius 2 is 1.89 bits per heavy atom. The van der Waals surface area contributed by atoms with Crippen molar-refractivity contribution in [3.8, 4) is 0 Å². The van der Waals surface area contributed by atoms with Crippen molar-refractivity contribution in [1.29, 1.82) is 0 Å². The molecule has 0 aliphatic carbocycles. The molecule has 0 radical (unpaired) electrons. The van der Waals surface area contributed by atoms with E-state index in [1.54, 1.807) is 24.3 Å². The molecule has 1 unspecified atom stereocenters. The van der Waals surface area contributed by atoms with Crippen LogP contribution in [0.15, 0.2) is 29.4 Å². The number of hydrogen-bond donors (Lipinski definition) is 0. The Hall–Kier alpha value is -1.56. The van der Waals surface area contributed by atoms with Gasteiger partial charge in [0.1, 0.15) is 0 Å². The van der Waals surface area contributed by atoms with E-state index in [-0.39, 0.29) is 6.54 Å². The number of carbonyl (C=O) groups is 1. The summed E-state index contributed by atoms with van der Waals surface area (Å²) in [5, 5.41) is 4.74. The van der Waals surface area contributed by atoms with Crippen LogP contribution in [-0.2, 0) is 11.3 Å². The Kier molecular flexibility index (Phi) is 3.54. The lowest BCUT2D eigenvalue weighted by Crippen LogP contribution is -2.30. The van der Waals surface area contributed by atoms with Crippen LogP contribution in [0.2, 0.25) is 5.02 Å². The fourth-order valence-electron chi connectivity index (χ4n) is 1.78. The van der Waals surface area contributed by atoms with E-state index >= 15 is 0 Å². The summed E-state index contributed by atoms with van der Waals surface area (Å²) < 4.78 is 37.9. The van der Waals surface area contributed by atoms with Crippen molar-refractivity contribution < 1.29 is 18.0 Å². The molecule has 1 aromatic carbocycles. The standard InChI is InChI=1S/C12H10ClF3N2O/c1-7-10(12(14,15)16)17-18(11(7)19)6-8-2-4-9(13)5-3-8/h2-5,7H,6H2,1H3. The van der Waals surface area contributed by atoms with E-state index in [1.807, 2.05) is 0 Å². The number of amides is 1. The van der Waals surface area contributed by atoms with E-state index < -0.39 is 23.7 Å². The van der Waals surface area contributed by atoms with Crippen molar-refractivity contribution in [2.24, 2.45) is 11.0 Å². The highest BCUT2D eigenvalue weighted by molar-refractivity contribution is 6.30. The normalized spacial score (nSPS) is 19.8. The summed E-state index contributed by atoms with van der Waals surface area (Å²) in [6, 6.07) is 6.49. The van der Waals surface area contributed by atoms with E-state index in [9.17, 15) is 18.0 Å². The maximum absolute atomic E-state index is 12.6. The highest BCUT2D eigenvalue weighted by atomic mass is 35.5. The first kappa shape index (κ1) is 13.9. The molecule has 1 heterocycles. The quantitative estimate of drug-likeness (QED) is 0.823. The number of rotatable bonds is 2. The lowest BCUT2D eigenvalue weighted by atomic mass is 10.1. The predicted octanol–water partition coefficient (Wildman–Crippen LogP) is 3.24. The second-order valence-electron chi connectivity index (χ2n) is 4.23. The van der Waals surface area contributed by atoms with Crippen LogP contribution in [0.1, 0.15) is 12.5 Å². The molecule has 0 spiro atoms. The average Bonchev–Trinajstić information content (AvgIpc) is 2.60. The number of nitrogens with zero attached hydrogens (tertiary/aromatic N) is 2. The Bertz CT molecular complexity index is 525. The molecular weight excluding hydrogens is 281 g/mol. The van der Waals surface area contributed by atoms with E-state index in [2.05, 4.69) is 5.10 Å². The van der Waals surface area contributed by atoms with Gasteiger partial charge in [0, 0.05) is 5.02 Å². The minimum atomic E-state index is -4.58. The van der Waals surface area contributed by atoms with Crippen molar-refractivity contribution >= 4 is 23.2 Å². The van der Waals surface area contributed by atoms with E-state index in [1.165, 1.54) is 6.92 Å². The van der Waals surface area contributed by atoms with Crippen molar-refractivity contribution in [1.82, 2.24) is 5.01 Å². The van der Waals surface area contributed by atoms with Gasteiger partial charge in [0.2, 0.25) is 0 Å². The van der Waals surface area contributed by atoms with Crippen LogP contribution in [0.5, 0.6) is 0 Å². The van der Waals surface area contributed by atoms with Gasteiger partial charge in [0.15, 0.2) is 5.71 Å². The third-order valence-corrected chi connectivity index (χ3v) is 3.05. The summed E-state index contributed by atoms with van der Waals surface area (Å²) in [5.41, 5.74) is -0.386. The minimum absolute atomic E-state index is 0.0000772. The van der Waals surface area contributed by atoms with Gasteiger partial charge < -0.3 is 0 Å². The molecule has 0 bridgehead atoms. The van der Waals surface area contributed by atoms with E-state index in [0.29, 0.717) is 10.6 Å². The van der Waals surface area contributed by atoms with E-state index in [4.69, 9.17) is 11.6 Å². The monoisotopic (exact) mass is 290 g/mol. The zero-order valence-electron chi connectivity index (χ0n) is 9.91. The largest absolute Gasteiger partial charge is 0.431 e. The second kappa shape index (κ2) is 4.85. The molecule has 0 saturated heterocycles. The van der Waals surface area contributed by atoms with Crippen LogP contribution in [0, 0.1) is 5.92 Å². The molecule has 1 aliphatic heterocycles. The number of hydrogen-bond acceptors (Lipinski definition) is 2. The van der Waals surface area contributed by atoms with Gasteiger partial charge in [-0.1, -0.05) is 23.7 Å². The third-order valence-electron chi connectivity index (χ3n) is 2.80. The minimum Gasteiger partial charge on any atom is -0.272 e. The Balaban J connectivity index is 2.19. The van der Waals surface area contributed by atoms with Gasteiger partial charge in [-0.25, -0.2) is 5.01 Å². The molecule has 1 aliphatic rings. The van der Waals surface area contributed by atoms with Gasteiger partial charge >= 0.3 is 6.18 Å². The summed E-state index contributed by atoms with van der Waals surface area (Å²) in [5.74, 6) is -1.91. The lowest BCUT2D eigenvalue weighted by molar-refractivity contribution is -0.132. The van der Waals surface area contributed by atoms with Crippen molar-refractivity contribution in [2.45, 2.75) is 19.6 Å². The molecule has 102 valence electrons. The van der Waals surface area contributed by atoms with Gasteiger partial charge in [0.05, 0.1) is 12.5 Å². The number of halogens is 4. The number of alkyl halides is 3. The van der Waals surface area contributed by atoms with Gasteiger partial charge in [-0.15, -0.1) is 0 Å². The summed E-state index contributed by atoms with van der Waals surface area (Å²) in [4.78, 5) is 11.7. The van der Waals surface area contributed by atoms with Crippen LogP contribution < -0.4 is 0 Å². The zero-order valence-corrected chi connectivity index (χ0v) is 10.7. The van der Waals surface area contributed by atoms with Crippen molar-refractivity contribution in [2.75, 3.05) is 0 Å². The molecule has 0 aromatic heterocycles. The topological polar surface area (TPSA) is 32.7 Å². The zero-order chi connectivity index (χ0) is 14.2. The third kappa shape index (κ3) is 2.89. The van der Waals surface area contributed by atoms with Gasteiger partial charge in [-0.3, -0.25) is 4.79 Å². The summed E-state index contributed by atoms with van der Waals surface area (Å²) in [6.07, 6.45) is -4.58. The fourth-order valence-corrected chi connectivity index (χ4v) is 1.91.